The molecule has 0 aromatic heterocycles. The summed E-state index contributed by atoms with van der Waals surface area (Å²) in [5.74, 6) is -5.60. The molecule has 1 aliphatic carbocycles. The Morgan fingerprint density at radius 1 is 1.03 bits per heavy atom. The van der Waals surface area contributed by atoms with Crippen molar-refractivity contribution >= 4 is 39.8 Å². The molecule has 0 atom stereocenters. The van der Waals surface area contributed by atoms with Crippen molar-refractivity contribution in [2.45, 2.75) is 63.3 Å². The molecule has 194 valence electrons. The van der Waals surface area contributed by atoms with Crippen molar-refractivity contribution in [3.63, 3.8) is 0 Å². The highest BCUT2D eigenvalue weighted by Gasteiger charge is 2.47. The average Bonchev–Trinajstić information content (AvgIpc) is 2.73. The Bertz CT molecular complexity index is 953. The van der Waals surface area contributed by atoms with Crippen molar-refractivity contribution < 1.29 is 30.8 Å². The molecule has 2 fully saturated rings. The number of sulfonamides is 1. The van der Waals surface area contributed by atoms with Gasteiger partial charge in [-0.3, -0.25) is 9.69 Å². The van der Waals surface area contributed by atoms with E-state index in [4.69, 9.17) is 11.6 Å². The monoisotopic (exact) mass is 548 g/mol. The molecule has 1 aromatic rings. The quantitative estimate of drug-likeness (QED) is 0.326. The summed E-state index contributed by atoms with van der Waals surface area (Å²) in [6.07, 6.45) is 0.00156. The number of benzene rings is 1. The highest BCUT2D eigenvalue weighted by atomic mass is 35.5. The van der Waals surface area contributed by atoms with Crippen LogP contribution in [0.25, 0.3) is 0 Å². The number of hydrogen-bond acceptors (Lipinski definition) is 4. The van der Waals surface area contributed by atoms with Crippen LogP contribution >= 0.6 is 24.0 Å². The van der Waals surface area contributed by atoms with E-state index in [1.165, 1.54) is 4.31 Å². The highest BCUT2D eigenvalue weighted by molar-refractivity contribution is 7.89. The second-order valence-electron chi connectivity index (χ2n) is 8.95. The SMILES string of the molecule is CCCS(=O)(=O)N1CCN(C2(CCC(=O)c3c(F)cc(Cl)cc3F)CCC(F)(F)CC2)CC1.Cl. The first-order chi connectivity index (χ1) is 15.4. The molecular weight excluding hydrogens is 519 g/mol. The van der Waals surface area contributed by atoms with Crippen molar-refractivity contribution in [1.82, 2.24) is 9.21 Å². The summed E-state index contributed by atoms with van der Waals surface area (Å²) in [5, 5.41) is -0.163. The van der Waals surface area contributed by atoms with Crippen LogP contribution in [0.1, 0.15) is 62.2 Å². The van der Waals surface area contributed by atoms with Gasteiger partial charge in [0.25, 0.3) is 0 Å². The van der Waals surface area contributed by atoms with Crippen LogP contribution in [-0.4, -0.2) is 66.8 Å². The molecule has 2 aliphatic rings. The Morgan fingerprint density at radius 3 is 2.06 bits per heavy atom. The third-order valence-corrected chi connectivity index (χ3v) is 9.07. The lowest BCUT2D eigenvalue weighted by Crippen LogP contribution is -2.60. The summed E-state index contributed by atoms with van der Waals surface area (Å²) < 4.78 is 82.4. The Kier molecular flexibility index (Phi) is 9.83. The van der Waals surface area contributed by atoms with Gasteiger partial charge in [-0.15, -0.1) is 12.4 Å². The molecule has 12 heteroatoms. The van der Waals surface area contributed by atoms with Gasteiger partial charge in [-0.05, 0) is 37.8 Å². The van der Waals surface area contributed by atoms with E-state index in [0.717, 1.165) is 12.1 Å². The summed E-state index contributed by atoms with van der Waals surface area (Å²) in [4.78, 5) is 14.7. The van der Waals surface area contributed by atoms with Crippen LogP contribution in [0.15, 0.2) is 12.1 Å². The van der Waals surface area contributed by atoms with Gasteiger partial charge in [-0.1, -0.05) is 18.5 Å². The maximum atomic E-state index is 14.2. The van der Waals surface area contributed by atoms with Gasteiger partial charge in [-0.2, -0.15) is 4.31 Å². The molecule has 0 bridgehead atoms. The van der Waals surface area contributed by atoms with Gasteiger partial charge in [0.1, 0.15) is 11.6 Å². The van der Waals surface area contributed by atoms with E-state index in [0.29, 0.717) is 19.5 Å². The van der Waals surface area contributed by atoms with Crippen molar-refractivity contribution in [2.24, 2.45) is 0 Å². The number of Topliss-reactive ketones (excluding diaryl/α,β-unsaturated/α-hetero) is 1. The number of ketones is 1. The molecule has 0 radical (unpaired) electrons. The number of nitrogens with zero attached hydrogens (tertiary/aromatic N) is 2. The van der Waals surface area contributed by atoms with E-state index in [9.17, 15) is 30.8 Å². The fraction of sp³-hybridized carbons (Fsp3) is 0.682. The number of alkyl halides is 2. The van der Waals surface area contributed by atoms with E-state index < -0.39 is 44.5 Å². The molecule has 0 N–H and O–H groups in total. The zero-order valence-corrected chi connectivity index (χ0v) is 21.4. The average molecular weight is 549 g/mol. The van der Waals surface area contributed by atoms with E-state index in [1.54, 1.807) is 6.92 Å². The van der Waals surface area contributed by atoms with Crippen LogP contribution in [0.3, 0.4) is 0 Å². The van der Waals surface area contributed by atoms with Crippen LogP contribution in [0.2, 0.25) is 5.02 Å². The van der Waals surface area contributed by atoms with Gasteiger partial charge in [0.05, 0.1) is 11.3 Å². The Balaban J connectivity index is 0.00000408. The number of carbonyl (C=O) groups is 1. The summed E-state index contributed by atoms with van der Waals surface area (Å²) in [7, 11) is -3.36. The number of halogens is 6. The second kappa shape index (κ2) is 11.4. The smallest absolute Gasteiger partial charge is 0.248 e. The Labute approximate surface area is 209 Å². The van der Waals surface area contributed by atoms with Crippen molar-refractivity contribution in [2.75, 3.05) is 31.9 Å². The minimum Gasteiger partial charge on any atom is -0.295 e. The van der Waals surface area contributed by atoms with Crippen molar-refractivity contribution in [3.05, 3.63) is 34.4 Å². The first kappa shape index (κ1) is 29.3. The van der Waals surface area contributed by atoms with Crippen LogP contribution < -0.4 is 0 Å². The zero-order chi connectivity index (χ0) is 24.4. The number of rotatable bonds is 8. The summed E-state index contributed by atoms with van der Waals surface area (Å²) in [6, 6.07) is 1.73. The van der Waals surface area contributed by atoms with E-state index >= 15 is 0 Å². The molecule has 1 aromatic carbocycles. The van der Waals surface area contributed by atoms with Crippen molar-refractivity contribution in [3.8, 4) is 0 Å². The van der Waals surface area contributed by atoms with E-state index in [-0.39, 0.29) is 74.8 Å². The molecule has 1 heterocycles. The molecular formula is C22H30Cl2F4N2O3S. The summed E-state index contributed by atoms with van der Waals surface area (Å²) in [6.45, 7) is 2.98. The lowest BCUT2D eigenvalue weighted by atomic mass is 9.74. The van der Waals surface area contributed by atoms with Gasteiger partial charge in [0.15, 0.2) is 5.78 Å². The molecule has 34 heavy (non-hydrogen) atoms. The van der Waals surface area contributed by atoms with Crippen LogP contribution in [0.4, 0.5) is 17.6 Å². The first-order valence-electron chi connectivity index (χ1n) is 11.2. The Morgan fingerprint density at radius 2 is 1.56 bits per heavy atom. The molecule has 5 nitrogen and oxygen atoms in total. The third-order valence-electron chi connectivity index (χ3n) is 6.78. The largest absolute Gasteiger partial charge is 0.295 e. The number of piperazine rings is 1. The standard InChI is InChI=1S/C22H29ClF4N2O3S.ClH/c1-2-13-33(31,32)29-11-9-28(10-12-29)21(5-7-22(26,27)8-6-21)4-3-19(30)20-17(24)14-16(23)15-18(20)25;/h14-15H,2-13H2,1H3;1H. The molecule has 0 amide bonds. The molecule has 1 saturated carbocycles. The lowest BCUT2D eigenvalue weighted by molar-refractivity contribution is -0.0891. The predicted octanol–water partition coefficient (Wildman–Crippen LogP) is 5.31. The van der Waals surface area contributed by atoms with Crippen LogP contribution in [0.5, 0.6) is 0 Å². The predicted molar refractivity (Wildman–Crippen MR) is 126 cm³/mol. The van der Waals surface area contributed by atoms with Crippen molar-refractivity contribution in [1.29, 1.82) is 0 Å². The normalized spacial score (nSPS) is 21.1. The summed E-state index contributed by atoms with van der Waals surface area (Å²) >= 11 is 5.62. The molecule has 0 unspecified atom stereocenters. The third kappa shape index (κ3) is 6.63. The van der Waals surface area contributed by atoms with Gasteiger partial charge >= 0.3 is 0 Å². The molecule has 3 rings (SSSR count). The number of hydrogen-bond donors (Lipinski definition) is 0. The zero-order valence-electron chi connectivity index (χ0n) is 19.0. The molecule has 1 aliphatic heterocycles. The molecule has 1 saturated heterocycles. The fourth-order valence-electron chi connectivity index (χ4n) is 4.91. The van der Waals surface area contributed by atoms with Gasteiger partial charge in [-0.25, -0.2) is 26.0 Å². The van der Waals surface area contributed by atoms with Gasteiger partial charge in [0, 0.05) is 56.0 Å². The topological polar surface area (TPSA) is 57.7 Å². The molecule has 0 spiro atoms. The maximum Gasteiger partial charge on any atom is 0.248 e. The Hall–Kier alpha value is -0.940. The van der Waals surface area contributed by atoms with E-state index in [1.807, 2.05) is 4.90 Å². The maximum absolute atomic E-state index is 14.2. The fourth-order valence-corrected chi connectivity index (χ4v) is 6.60. The second-order valence-corrected chi connectivity index (χ2v) is 11.5. The number of carbonyl (C=O) groups excluding carboxylic acids is 1. The summed E-state index contributed by atoms with van der Waals surface area (Å²) in [5.41, 5.74) is -1.43. The van der Waals surface area contributed by atoms with Crippen LogP contribution in [-0.2, 0) is 10.0 Å². The minimum absolute atomic E-state index is 0. The highest BCUT2D eigenvalue weighted by Crippen LogP contribution is 2.44. The minimum atomic E-state index is -3.36. The van der Waals surface area contributed by atoms with Gasteiger partial charge in [0.2, 0.25) is 15.9 Å². The lowest BCUT2D eigenvalue weighted by Gasteiger charge is -2.51. The first-order valence-corrected chi connectivity index (χ1v) is 13.2. The van der Waals surface area contributed by atoms with Gasteiger partial charge < -0.3 is 0 Å². The van der Waals surface area contributed by atoms with E-state index in [2.05, 4.69) is 0 Å². The van der Waals surface area contributed by atoms with Crippen LogP contribution in [0, 0.1) is 11.6 Å².